The van der Waals surface area contributed by atoms with Crippen LogP contribution in [0.1, 0.15) is 52.9 Å². The van der Waals surface area contributed by atoms with Crippen LogP contribution in [-0.2, 0) is 14.3 Å². The van der Waals surface area contributed by atoms with Crippen LogP contribution in [0.15, 0.2) is 0 Å². The lowest BCUT2D eigenvalue weighted by Gasteiger charge is -2.61. The minimum absolute atomic E-state index is 0.131. The normalized spacial score (nSPS) is 28.9. The summed E-state index contributed by atoms with van der Waals surface area (Å²) in [4.78, 5) is 11.9. The third kappa shape index (κ3) is 2.86. The molecule has 116 valence electrons. The first kappa shape index (κ1) is 15.8. The van der Waals surface area contributed by atoms with Crippen LogP contribution in [0.4, 0.5) is 0 Å². The summed E-state index contributed by atoms with van der Waals surface area (Å²) in [6.07, 6.45) is 5.99. The molecule has 2 aliphatic carbocycles. The van der Waals surface area contributed by atoms with Gasteiger partial charge in [-0.15, -0.1) is 0 Å². The Morgan fingerprint density at radius 1 is 1.40 bits per heavy atom. The zero-order valence-electron chi connectivity index (χ0n) is 13.3. The number of methoxy groups -OCH3 is 1. The summed E-state index contributed by atoms with van der Waals surface area (Å²) in [5.41, 5.74) is 0.291. The Labute approximate surface area is 122 Å². The number of ether oxygens (including phenoxy) is 2. The molecule has 2 saturated carbocycles. The fourth-order valence-electron chi connectivity index (χ4n) is 3.76. The fourth-order valence-corrected chi connectivity index (χ4v) is 3.76. The predicted octanol–water partition coefficient (Wildman–Crippen LogP) is 2.51. The monoisotopic (exact) mass is 283 g/mol. The Bertz CT molecular complexity index is 339. The van der Waals surface area contributed by atoms with Crippen molar-refractivity contribution >= 4 is 5.97 Å². The first-order chi connectivity index (χ1) is 9.53. The average Bonchev–Trinajstić information content (AvgIpc) is 2.32. The lowest BCUT2D eigenvalue weighted by molar-refractivity contribution is -0.178. The lowest BCUT2D eigenvalue weighted by atomic mass is 9.51. The van der Waals surface area contributed by atoms with Crippen LogP contribution in [0.5, 0.6) is 0 Å². The topological polar surface area (TPSA) is 47.6 Å². The van der Waals surface area contributed by atoms with Crippen LogP contribution in [0.2, 0.25) is 0 Å². The highest BCUT2D eigenvalue weighted by Crippen LogP contribution is 2.57. The second-order valence-electron chi connectivity index (χ2n) is 6.69. The first-order valence-electron chi connectivity index (χ1n) is 7.99. The highest BCUT2D eigenvalue weighted by molar-refractivity contribution is 5.75. The van der Waals surface area contributed by atoms with Gasteiger partial charge in [-0.2, -0.15) is 0 Å². The molecule has 2 fully saturated rings. The van der Waals surface area contributed by atoms with E-state index in [1.807, 2.05) is 0 Å². The number of carbonyl (C=O) groups excluding carboxylic acids is 1. The van der Waals surface area contributed by atoms with Crippen molar-refractivity contribution < 1.29 is 14.3 Å². The second kappa shape index (κ2) is 6.44. The quantitative estimate of drug-likeness (QED) is 0.729. The Morgan fingerprint density at radius 3 is 2.55 bits per heavy atom. The summed E-state index contributed by atoms with van der Waals surface area (Å²) in [7, 11) is 1.47. The maximum atomic E-state index is 11.9. The van der Waals surface area contributed by atoms with Crippen molar-refractivity contribution in [2.75, 3.05) is 13.7 Å². The van der Waals surface area contributed by atoms with E-state index in [9.17, 15) is 4.79 Å². The predicted molar refractivity (Wildman–Crippen MR) is 78.5 cm³/mol. The molecule has 0 bridgehead atoms. The Balaban J connectivity index is 1.95. The molecule has 0 heterocycles. The molecule has 4 heteroatoms. The van der Waals surface area contributed by atoms with Gasteiger partial charge in [-0.3, -0.25) is 4.79 Å². The summed E-state index contributed by atoms with van der Waals surface area (Å²) in [6, 6.07) is 0.237. The fraction of sp³-hybridized carbons (Fsp3) is 0.938. The molecule has 2 aliphatic rings. The molecule has 2 rings (SSSR count). The minimum Gasteiger partial charge on any atom is -0.468 e. The van der Waals surface area contributed by atoms with Gasteiger partial charge in [-0.1, -0.05) is 20.3 Å². The maximum absolute atomic E-state index is 11.9. The molecule has 1 N–H and O–H groups in total. The molecule has 3 atom stereocenters. The van der Waals surface area contributed by atoms with E-state index < -0.39 is 0 Å². The van der Waals surface area contributed by atoms with E-state index in [0.717, 1.165) is 19.4 Å². The van der Waals surface area contributed by atoms with E-state index >= 15 is 0 Å². The lowest BCUT2D eigenvalue weighted by Crippen LogP contribution is -2.69. The van der Waals surface area contributed by atoms with E-state index in [-0.39, 0.29) is 12.0 Å². The zero-order valence-corrected chi connectivity index (χ0v) is 13.3. The highest BCUT2D eigenvalue weighted by atomic mass is 16.5. The maximum Gasteiger partial charge on any atom is 0.322 e. The van der Waals surface area contributed by atoms with Crippen molar-refractivity contribution in [1.29, 1.82) is 0 Å². The molecule has 20 heavy (non-hydrogen) atoms. The van der Waals surface area contributed by atoms with Crippen molar-refractivity contribution in [3.8, 4) is 0 Å². The van der Waals surface area contributed by atoms with Gasteiger partial charge >= 0.3 is 5.97 Å². The van der Waals surface area contributed by atoms with Crippen LogP contribution in [0.3, 0.4) is 0 Å². The standard InChI is InChI=1S/C16H29NO3/c1-5-20-14-10-13(16(14)7-6-8-16)17-12(9-11(2)3)15(18)19-4/h11-14,17H,5-10H2,1-4H3. The molecule has 0 amide bonds. The minimum atomic E-state index is -0.176. The van der Waals surface area contributed by atoms with Crippen molar-refractivity contribution in [2.45, 2.75) is 71.1 Å². The summed E-state index contributed by atoms with van der Waals surface area (Å²) < 4.78 is 10.8. The molecule has 1 spiro atoms. The number of esters is 1. The van der Waals surface area contributed by atoms with Crippen molar-refractivity contribution in [3.05, 3.63) is 0 Å². The molecule has 4 nitrogen and oxygen atoms in total. The smallest absolute Gasteiger partial charge is 0.322 e. The first-order valence-corrected chi connectivity index (χ1v) is 7.99. The summed E-state index contributed by atoms with van der Waals surface area (Å²) in [5, 5.41) is 3.56. The van der Waals surface area contributed by atoms with Crippen LogP contribution >= 0.6 is 0 Å². The second-order valence-corrected chi connectivity index (χ2v) is 6.69. The zero-order chi connectivity index (χ0) is 14.8. The molecule has 0 aromatic carbocycles. The number of nitrogens with one attached hydrogen (secondary N) is 1. The van der Waals surface area contributed by atoms with Gasteiger partial charge in [0.1, 0.15) is 6.04 Å². The number of hydrogen-bond acceptors (Lipinski definition) is 4. The largest absolute Gasteiger partial charge is 0.468 e. The molecule has 0 aromatic rings. The van der Waals surface area contributed by atoms with Gasteiger partial charge < -0.3 is 14.8 Å². The number of rotatable bonds is 7. The summed E-state index contributed by atoms with van der Waals surface area (Å²) in [5.74, 6) is 0.347. The van der Waals surface area contributed by atoms with Gasteiger partial charge in [-0.25, -0.2) is 0 Å². The molecular formula is C16H29NO3. The molecular weight excluding hydrogens is 254 g/mol. The Morgan fingerprint density at radius 2 is 2.10 bits per heavy atom. The van der Waals surface area contributed by atoms with Gasteiger partial charge in [0.25, 0.3) is 0 Å². The molecule has 0 radical (unpaired) electrons. The van der Waals surface area contributed by atoms with E-state index in [1.165, 1.54) is 26.4 Å². The Kier molecular flexibility index (Phi) is 5.08. The van der Waals surface area contributed by atoms with Crippen LogP contribution in [0, 0.1) is 11.3 Å². The van der Waals surface area contributed by atoms with Crippen molar-refractivity contribution in [1.82, 2.24) is 5.32 Å². The highest BCUT2D eigenvalue weighted by Gasteiger charge is 2.59. The summed E-state index contributed by atoms with van der Waals surface area (Å²) in [6.45, 7) is 7.12. The molecule has 0 saturated heterocycles. The molecule has 0 aliphatic heterocycles. The van der Waals surface area contributed by atoms with Gasteiger partial charge in [0.05, 0.1) is 13.2 Å². The van der Waals surface area contributed by atoms with E-state index in [0.29, 0.717) is 23.5 Å². The van der Waals surface area contributed by atoms with Gasteiger partial charge in [-0.05, 0) is 38.5 Å². The third-order valence-electron chi connectivity index (χ3n) is 5.03. The van der Waals surface area contributed by atoms with E-state index in [1.54, 1.807) is 0 Å². The van der Waals surface area contributed by atoms with E-state index in [2.05, 4.69) is 26.1 Å². The van der Waals surface area contributed by atoms with Crippen LogP contribution in [-0.4, -0.2) is 37.9 Å². The van der Waals surface area contributed by atoms with Gasteiger partial charge in [0.2, 0.25) is 0 Å². The number of hydrogen-bond donors (Lipinski definition) is 1. The van der Waals surface area contributed by atoms with E-state index in [4.69, 9.17) is 9.47 Å². The van der Waals surface area contributed by atoms with Crippen molar-refractivity contribution in [2.24, 2.45) is 11.3 Å². The Hall–Kier alpha value is -0.610. The van der Waals surface area contributed by atoms with Crippen LogP contribution in [0.25, 0.3) is 0 Å². The van der Waals surface area contributed by atoms with Gasteiger partial charge in [0.15, 0.2) is 0 Å². The van der Waals surface area contributed by atoms with Gasteiger partial charge in [0, 0.05) is 18.1 Å². The van der Waals surface area contributed by atoms with Crippen molar-refractivity contribution in [3.63, 3.8) is 0 Å². The SMILES string of the molecule is CCOC1CC(NC(CC(C)C)C(=O)OC)C12CCC2. The van der Waals surface area contributed by atoms with Crippen LogP contribution < -0.4 is 5.32 Å². The number of carbonyl (C=O) groups is 1. The average molecular weight is 283 g/mol. The molecule has 0 aromatic heterocycles. The summed E-state index contributed by atoms with van der Waals surface area (Å²) >= 11 is 0. The third-order valence-corrected chi connectivity index (χ3v) is 5.03. The molecule has 3 unspecified atom stereocenters.